The highest BCUT2D eigenvalue weighted by Crippen LogP contribution is 2.41. The Labute approximate surface area is 197 Å². The van der Waals surface area contributed by atoms with Crippen molar-refractivity contribution in [2.24, 2.45) is 0 Å². The molecule has 1 fully saturated rings. The average molecular weight is 463 g/mol. The van der Waals surface area contributed by atoms with Crippen LogP contribution in [0.2, 0.25) is 0 Å². The topological polar surface area (TPSA) is 96.4 Å². The molecule has 0 aliphatic carbocycles. The lowest BCUT2D eigenvalue weighted by atomic mass is 9.92. The highest BCUT2D eigenvalue weighted by molar-refractivity contribution is 6.15. The van der Waals surface area contributed by atoms with Crippen LogP contribution in [-0.2, 0) is 9.53 Å². The van der Waals surface area contributed by atoms with E-state index in [0.29, 0.717) is 32.1 Å². The number of amides is 1. The predicted octanol–water partition coefficient (Wildman–Crippen LogP) is 3.83. The number of rotatable bonds is 7. The van der Waals surface area contributed by atoms with Crippen molar-refractivity contribution in [2.45, 2.75) is 19.0 Å². The molecule has 34 heavy (non-hydrogen) atoms. The number of hydrogen-bond donors (Lipinski definition) is 1. The number of furan rings is 2. The van der Waals surface area contributed by atoms with Crippen molar-refractivity contribution >= 4 is 11.7 Å². The molecular formula is C26H26N2O6. The quantitative estimate of drug-likeness (QED) is 0.533. The third kappa shape index (κ3) is 3.95. The van der Waals surface area contributed by atoms with E-state index in [2.05, 4.69) is 4.90 Å². The first-order valence-electron chi connectivity index (χ1n) is 11.3. The maximum absolute atomic E-state index is 13.4. The number of aliphatic hydroxyl groups is 1. The molecule has 8 nitrogen and oxygen atoms in total. The average Bonchev–Trinajstić information content (AvgIpc) is 3.62. The van der Waals surface area contributed by atoms with E-state index in [9.17, 15) is 14.7 Å². The number of benzene rings is 1. The maximum atomic E-state index is 13.4. The van der Waals surface area contributed by atoms with Gasteiger partial charge in [-0.25, -0.2) is 0 Å². The summed E-state index contributed by atoms with van der Waals surface area (Å²) in [5.41, 5.74) is 1.70. The minimum atomic E-state index is -0.759. The van der Waals surface area contributed by atoms with Gasteiger partial charge in [0.15, 0.2) is 11.5 Å². The van der Waals surface area contributed by atoms with Crippen LogP contribution >= 0.6 is 0 Å². The van der Waals surface area contributed by atoms with Crippen molar-refractivity contribution in [3.8, 4) is 0 Å². The molecule has 2 unspecified atom stereocenters. The number of hydrogen-bond acceptors (Lipinski definition) is 7. The van der Waals surface area contributed by atoms with Crippen LogP contribution in [0.4, 0.5) is 0 Å². The Balaban J connectivity index is 1.57. The lowest BCUT2D eigenvalue weighted by Gasteiger charge is -2.37. The second-order valence-corrected chi connectivity index (χ2v) is 8.46. The molecule has 0 bridgehead atoms. The molecule has 0 radical (unpaired) electrons. The van der Waals surface area contributed by atoms with E-state index in [1.165, 1.54) is 12.3 Å². The van der Waals surface area contributed by atoms with E-state index in [0.717, 1.165) is 11.1 Å². The molecule has 2 aliphatic rings. The fourth-order valence-corrected chi connectivity index (χ4v) is 4.77. The lowest BCUT2D eigenvalue weighted by molar-refractivity contribution is -0.130. The smallest absolute Gasteiger partial charge is 0.290 e. The maximum Gasteiger partial charge on any atom is 0.290 e. The molecule has 3 aromatic rings. The molecule has 1 N–H and O–H groups in total. The summed E-state index contributed by atoms with van der Waals surface area (Å²) in [5, 5.41) is 10.9. The van der Waals surface area contributed by atoms with Crippen LogP contribution in [0.3, 0.4) is 0 Å². The van der Waals surface area contributed by atoms with E-state index in [1.54, 1.807) is 17.2 Å². The van der Waals surface area contributed by atoms with E-state index in [1.807, 2.05) is 43.3 Å². The van der Waals surface area contributed by atoms with Crippen LogP contribution in [0.5, 0.6) is 0 Å². The van der Waals surface area contributed by atoms with Crippen LogP contribution < -0.4 is 0 Å². The van der Waals surface area contributed by atoms with Gasteiger partial charge in [-0.3, -0.25) is 14.5 Å². The molecule has 1 saturated heterocycles. The summed E-state index contributed by atoms with van der Waals surface area (Å²) in [6.07, 6.45) is 3.00. The first kappa shape index (κ1) is 22.2. The third-order valence-electron chi connectivity index (χ3n) is 6.50. The Morgan fingerprint density at radius 3 is 2.47 bits per heavy atom. The number of ketones is 1. The number of carbonyl (C=O) groups is 2. The van der Waals surface area contributed by atoms with Gasteiger partial charge >= 0.3 is 0 Å². The number of Topliss-reactive ketones (excluding diaryl/α,β-unsaturated/α-hetero) is 1. The second-order valence-electron chi connectivity index (χ2n) is 8.46. The number of aryl methyl sites for hydroxylation is 1. The summed E-state index contributed by atoms with van der Waals surface area (Å²) in [6.45, 7) is 4.68. The van der Waals surface area contributed by atoms with Crippen molar-refractivity contribution in [3.05, 3.63) is 95.0 Å². The van der Waals surface area contributed by atoms with Gasteiger partial charge in [-0.15, -0.1) is 0 Å². The van der Waals surface area contributed by atoms with Crippen LogP contribution in [0, 0.1) is 6.92 Å². The molecule has 0 spiro atoms. The summed E-state index contributed by atoms with van der Waals surface area (Å²) in [4.78, 5) is 30.6. The van der Waals surface area contributed by atoms with Gasteiger partial charge in [0.05, 0.1) is 43.4 Å². The van der Waals surface area contributed by atoms with Crippen molar-refractivity contribution in [1.82, 2.24) is 9.80 Å². The Hall–Kier alpha value is -3.62. The van der Waals surface area contributed by atoms with Crippen LogP contribution in [0.15, 0.2) is 81.2 Å². The zero-order valence-corrected chi connectivity index (χ0v) is 18.8. The van der Waals surface area contributed by atoms with Gasteiger partial charge in [-0.05, 0) is 42.3 Å². The molecule has 2 atom stereocenters. The zero-order chi connectivity index (χ0) is 23.7. The molecule has 5 rings (SSSR count). The molecule has 2 aliphatic heterocycles. The van der Waals surface area contributed by atoms with Crippen molar-refractivity contribution < 1.29 is 28.3 Å². The minimum Gasteiger partial charge on any atom is -0.503 e. The largest absolute Gasteiger partial charge is 0.503 e. The Morgan fingerprint density at radius 1 is 1.06 bits per heavy atom. The molecule has 1 aromatic carbocycles. The molecule has 4 heterocycles. The van der Waals surface area contributed by atoms with Gasteiger partial charge < -0.3 is 23.6 Å². The number of nitrogens with zero attached hydrogens (tertiary/aromatic N) is 2. The van der Waals surface area contributed by atoms with Gasteiger partial charge in [0.2, 0.25) is 5.78 Å². The predicted molar refractivity (Wildman–Crippen MR) is 122 cm³/mol. The third-order valence-corrected chi connectivity index (χ3v) is 6.50. The summed E-state index contributed by atoms with van der Waals surface area (Å²) in [6, 6.07) is 13.4. The zero-order valence-electron chi connectivity index (χ0n) is 18.8. The summed E-state index contributed by atoms with van der Waals surface area (Å²) >= 11 is 0. The van der Waals surface area contributed by atoms with Crippen LogP contribution in [0.25, 0.3) is 0 Å². The number of aliphatic hydroxyl groups excluding tert-OH is 1. The molecule has 1 amide bonds. The number of morpholine rings is 1. The molecule has 2 aromatic heterocycles. The van der Waals surface area contributed by atoms with Crippen molar-refractivity contribution in [3.63, 3.8) is 0 Å². The molecule has 0 saturated carbocycles. The van der Waals surface area contributed by atoms with Crippen molar-refractivity contribution in [1.29, 1.82) is 0 Å². The monoisotopic (exact) mass is 462 g/mol. The Morgan fingerprint density at radius 2 is 1.79 bits per heavy atom. The summed E-state index contributed by atoms with van der Waals surface area (Å²) in [5.74, 6) is -0.857. The molecule has 8 heteroatoms. The normalized spacial score (nSPS) is 20.2. The Bertz CT molecular complexity index is 1190. The highest BCUT2D eigenvalue weighted by Gasteiger charge is 2.46. The standard InChI is InChI=1S/C26H26N2O6/c1-17-6-2-3-7-18(17)23-22(24(29)21-9-5-13-34-21)25(30)26(31)28(23)16-19(20-8-4-12-33-20)27-10-14-32-15-11-27/h2-9,12-13,19,23,30H,10-11,14-16H2,1H3. The van der Waals surface area contributed by atoms with Gasteiger partial charge in [-0.2, -0.15) is 0 Å². The lowest BCUT2D eigenvalue weighted by Crippen LogP contribution is -2.45. The fourth-order valence-electron chi connectivity index (χ4n) is 4.77. The summed E-state index contributed by atoms with van der Waals surface area (Å²) < 4.78 is 16.6. The van der Waals surface area contributed by atoms with Gasteiger partial charge in [-0.1, -0.05) is 24.3 Å². The SMILES string of the molecule is Cc1ccccc1C1C(C(=O)c2ccco2)=C(O)C(=O)N1CC(c1ccco1)N1CCOCC1. The second kappa shape index (κ2) is 9.32. The first-order chi connectivity index (χ1) is 16.6. The summed E-state index contributed by atoms with van der Waals surface area (Å²) in [7, 11) is 0. The van der Waals surface area contributed by atoms with Gasteiger partial charge in [0, 0.05) is 19.6 Å². The number of carbonyl (C=O) groups excluding carboxylic acids is 2. The van der Waals surface area contributed by atoms with Gasteiger partial charge in [0.25, 0.3) is 5.91 Å². The number of ether oxygens (including phenoxy) is 1. The van der Waals surface area contributed by atoms with E-state index < -0.39 is 23.5 Å². The fraction of sp³-hybridized carbons (Fsp3) is 0.308. The van der Waals surface area contributed by atoms with E-state index in [-0.39, 0.29) is 23.9 Å². The van der Waals surface area contributed by atoms with Crippen LogP contribution in [-0.4, -0.2) is 59.4 Å². The van der Waals surface area contributed by atoms with Gasteiger partial charge in [0.1, 0.15) is 5.76 Å². The van der Waals surface area contributed by atoms with Crippen molar-refractivity contribution in [2.75, 3.05) is 32.8 Å². The molecule has 176 valence electrons. The van der Waals surface area contributed by atoms with E-state index in [4.69, 9.17) is 13.6 Å². The van der Waals surface area contributed by atoms with E-state index >= 15 is 0 Å². The highest BCUT2D eigenvalue weighted by atomic mass is 16.5. The minimum absolute atomic E-state index is 0.0226. The van der Waals surface area contributed by atoms with Crippen LogP contribution in [0.1, 0.15) is 39.5 Å². The Kier molecular flexibility index (Phi) is 6.08. The first-order valence-corrected chi connectivity index (χ1v) is 11.3. The molecular weight excluding hydrogens is 436 g/mol.